The van der Waals surface area contributed by atoms with Crippen molar-refractivity contribution in [2.45, 2.75) is 52.4 Å². The average molecular weight is 430 g/mol. The van der Waals surface area contributed by atoms with Crippen molar-refractivity contribution in [3.05, 3.63) is 58.3 Å². The quantitative estimate of drug-likeness (QED) is 0.400. The number of esters is 1. The Morgan fingerprint density at radius 3 is 2.43 bits per heavy atom. The number of nitrogens with one attached hydrogen (secondary N) is 1. The number of carbonyl (C=O) groups is 1. The first-order valence-corrected chi connectivity index (χ1v) is 11.4. The number of rotatable bonds is 7. The molecule has 0 fully saturated rings. The second kappa shape index (κ2) is 8.52. The van der Waals surface area contributed by atoms with Crippen LogP contribution in [-0.2, 0) is 14.8 Å². The number of unbranched alkanes of at least 4 members (excludes halogenated alkanes) is 1. The minimum Gasteiger partial charge on any atom is -0.462 e. The molecule has 6 nitrogen and oxygen atoms in total. The summed E-state index contributed by atoms with van der Waals surface area (Å²) in [4.78, 5) is 12.8. The fourth-order valence-corrected chi connectivity index (χ4v) is 4.71. The van der Waals surface area contributed by atoms with Gasteiger partial charge < -0.3 is 9.15 Å². The van der Waals surface area contributed by atoms with Gasteiger partial charge in [0.2, 0.25) is 0 Å². The zero-order valence-corrected chi connectivity index (χ0v) is 18.8. The predicted molar refractivity (Wildman–Crippen MR) is 118 cm³/mol. The zero-order chi connectivity index (χ0) is 22.1. The third-order valence-corrected chi connectivity index (χ3v) is 6.66. The van der Waals surface area contributed by atoms with E-state index in [0.717, 1.165) is 24.0 Å². The Kier molecular flexibility index (Phi) is 6.22. The SMILES string of the molecule is CCCCOC(=O)c1c(C)oc2ccc(NS(=O)(=O)c3cc(C)c(C)cc3C)cc12. The van der Waals surface area contributed by atoms with Gasteiger partial charge in [-0.05, 0) is 75.1 Å². The second-order valence-electron chi connectivity index (χ2n) is 7.54. The van der Waals surface area contributed by atoms with Gasteiger partial charge in [-0.3, -0.25) is 4.72 Å². The highest BCUT2D eigenvalue weighted by Gasteiger charge is 2.22. The van der Waals surface area contributed by atoms with Gasteiger partial charge in [-0.15, -0.1) is 0 Å². The van der Waals surface area contributed by atoms with E-state index in [1.807, 2.05) is 26.8 Å². The Balaban J connectivity index is 1.96. The van der Waals surface area contributed by atoms with Gasteiger partial charge in [-0.2, -0.15) is 0 Å². The number of sulfonamides is 1. The van der Waals surface area contributed by atoms with Crippen molar-refractivity contribution in [2.75, 3.05) is 11.3 Å². The van der Waals surface area contributed by atoms with Crippen LogP contribution in [0.3, 0.4) is 0 Å². The number of hydrogen-bond donors (Lipinski definition) is 1. The number of ether oxygens (including phenoxy) is 1. The molecule has 0 bridgehead atoms. The molecule has 3 rings (SSSR count). The molecule has 0 amide bonds. The van der Waals surface area contributed by atoms with Gasteiger partial charge in [-0.25, -0.2) is 13.2 Å². The van der Waals surface area contributed by atoms with E-state index < -0.39 is 16.0 Å². The summed E-state index contributed by atoms with van der Waals surface area (Å²) in [5.74, 6) is -0.0266. The van der Waals surface area contributed by atoms with E-state index in [1.54, 1.807) is 38.1 Å². The monoisotopic (exact) mass is 429 g/mol. The normalized spacial score (nSPS) is 11.6. The van der Waals surface area contributed by atoms with Gasteiger partial charge in [0.1, 0.15) is 16.9 Å². The van der Waals surface area contributed by atoms with E-state index in [2.05, 4.69) is 4.72 Å². The van der Waals surface area contributed by atoms with Crippen LogP contribution in [0.4, 0.5) is 5.69 Å². The zero-order valence-electron chi connectivity index (χ0n) is 18.0. The van der Waals surface area contributed by atoms with Crippen LogP contribution in [0, 0.1) is 27.7 Å². The lowest BCUT2D eigenvalue weighted by molar-refractivity contribution is 0.0500. The third kappa shape index (κ3) is 4.36. The van der Waals surface area contributed by atoms with Crippen molar-refractivity contribution >= 4 is 32.6 Å². The molecule has 0 unspecified atom stereocenters. The Morgan fingerprint density at radius 1 is 1.03 bits per heavy atom. The minimum absolute atomic E-state index is 0.230. The molecular weight excluding hydrogens is 402 g/mol. The van der Waals surface area contributed by atoms with Gasteiger partial charge in [-0.1, -0.05) is 19.4 Å². The van der Waals surface area contributed by atoms with Gasteiger partial charge in [0.15, 0.2) is 0 Å². The smallest absolute Gasteiger partial charge is 0.342 e. The first kappa shape index (κ1) is 21.9. The number of anilines is 1. The summed E-state index contributed by atoms with van der Waals surface area (Å²) in [6, 6.07) is 8.40. The van der Waals surface area contributed by atoms with Gasteiger partial charge in [0, 0.05) is 11.1 Å². The minimum atomic E-state index is -3.79. The number of aryl methyl sites for hydroxylation is 4. The molecule has 0 spiro atoms. The number of benzene rings is 2. The van der Waals surface area contributed by atoms with Crippen LogP contribution in [-0.4, -0.2) is 21.0 Å². The molecule has 2 aromatic carbocycles. The fourth-order valence-electron chi connectivity index (χ4n) is 3.35. The Morgan fingerprint density at radius 2 is 1.73 bits per heavy atom. The highest BCUT2D eigenvalue weighted by Crippen LogP contribution is 2.30. The molecule has 1 N–H and O–H groups in total. The van der Waals surface area contributed by atoms with E-state index in [-0.39, 0.29) is 4.90 Å². The number of furan rings is 1. The summed E-state index contributed by atoms with van der Waals surface area (Å²) < 4.78 is 39.6. The number of fused-ring (bicyclic) bond motifs is 1. The Hall–Kier alpha value is -2.80. The molecule has 160 valence electrons. The molecule has 3 aromatic rings. The topological polar surface area (TPSA) is 85.6 Å². The fraction of sp³-hybridized carbons (Fsp3) is 0.348. The summed E-state index contributed by atoms with van der Waals surface area (Å²) >= 11 is 0. The maximum atomic E-state index is 13.0. The van der Waals surface area contributed by atoms with E-state index >= 15 is 0 Å². The van der Waals surface area contributed by atoms with Crippen molar-refractivity contribution < 1.29 is 22.4 Å². The molecular formula is C23H27NO5S. The Labute approximate surface area is 177 Å². The van der Waals surface area contributed by atoms with Gasteiger partial charge in [0.05, 0.1) is 11.5 Å². The average Bonchev–Trinajstić information content (AvgIpc) is 2.99. The first-order valence-electron chi connectivity index (χ1n) is 9.95. The predicted octanol–water partition coefficient (Wildman–Crippen LogP) is 5.42. The summed E-state index contributed by atoms with van der Waals surface area (Å²) in [6.45, 7) is 9.64. The second-order valence-corrected chi connectivity index (χ2v) is 9.19. The van der Waals surface area contributed by atoms with E-state index in [9.17, 15) is 13.2 Å². The van der Waals surface area contributed by atoms with Gasteiger partial charge >= 0.3 is 5.97 Å². The molecule has 7 heteroatoms. The first-order chi connectivity index (χ1) is 14.1. The van der Waals surface area contributed by atoms with E-state index in [1.165, 1.54) is 0 Å². The van der Waals surface area contributed by atoms with Crippen LogP contribution in [0.1, 0.15) is 52.6 Å². The number of carbonyl (C=O) groups excluding carboxylic acids is 1. The van der Waals surface area contributed by atoms with Crippen LogP contribution in [0.5, 0.6) is 0 Å². The molecule has 0 aliphatic heterocycles. The molecule has 0 aliphatic rings. The third-order valence-electron chi connectivity index (χ3n) is 5.13. The highest BCUT2D eigenvalue weighted by molar-refractivity contribution is 7.92. The summed E-state index contributed by atoms with van der Waals surface area (Å²) in [5.41, 5.74) is 3.78. The van der Waals surface area contributed by atoms with E-state index in [0.29, 0.717) is 40.2 Å². The standard InChI is InChI=1S/C23H27NO5S/c1-6-7-10-28-23(25)22-17(5)29-20-9-8-18(13-19(20)22)24-30(26,27)21-12-15(3)14(2)11-16(21)4/h8-9,11-13,24H,6-7,10H2,1-5H3. The molecule has 30 heavy (non-hydrogen) atoms. The lowest BCUT2D eigenvalue weighted by Gasteiger charge is -2.13. The van der Waals surface area contributed by atoms with Crippen LogP contribution in [0.2, 0.25) is 0 Å². The molecule has 1 aromatic heterocycles. The van der Waals surface area contributed by atoms with E-state index in [4.69, 9.17) is 9.15 Å². The van der Waals surface area contributed by atoms with Crippen molar-refractivity contribution in [3.63, 3.8) is 0 Å². The van der Waals surface area contributed by atoms with Crippen LogP contribution in [0.15, 0.2) is 39.6 Å². The summed E-state index contributed by atoms with van der Waals surface area (Å²) in [6.07, 6.45) is 1.70. The Bertz CT molecular complexity index is 1210. The number of hydrogen-bond acceptors (Lipinski definition) is 5. The van der Waals surface area contributed by atoms with Crippen LogP contribution >= 0.6 is 0 Å². The lowest BCUT2D eigenvalue weighted by Crippen LogP contribution is -2.15. The van der Waals surface area contributed by atoms with Crippen molar-refractivity contribution in [1.82, 2.24) is 0 Å². The molecule has 1 heterocycles. The van der Waals surface area contributed by atoms with Crippen LogP contribution in [0.25, 0.3) is 11.0 Å². The molecule has 0 radical (unpaired) electrons. The molecule has 0 atom stereocenters. The maximum absolute atomic E-state index is 13.0. The van der Waals surface area contributed by atoms with Crippen LogP contribution < -0.4 is 4.72 Å². The molecule has 0 saturated heterocycles. The lowest BCUT2D eigenvalue weighted by atomic mass is 10.1. The largest absolute Gasteiger partial charge is 0.462 e. The summed E-state index contributed by atoms with van der Waals surface area (Å²) in [5, 5.41) is 0.519. The summed E-state index contributed by atoms with van der Waals surface area (Å²) in [7, 11) is -3.79. The molecule has 0 saturated carbocycles. The van der Waals surface area contributed by atoms with Crippen molar-refractivity contribution in [3.8, 4) is 0 Å². The van der Waals surface area contributed by atoms with Crippen molar-refractivity contribution in [1.29, 1.82) is 0 Å². The van der Waals surface area contributed by atoms with Crippen molar-refractivity contribution in [2.24, 2.45) is 0 Å². The molecule has 0 aliphatic carbocycles. The van der Waals surface area contributed by atoms with Gasteiger partial charge in [0.25, 0.3) is 10.0 Å². The highest BCUT2D eigenvalue weighted by atomic mass is 32.2. The maximum Gasteiger partial charge on any atom is 0.342 e.